The van der Waals surface area contributed by atoms with E-state index in [9.17, 15) is 23.1 Å². The Bertz CT molecular complexity index is 916. The molecule has 0 spiro atoms. The molecule has 0 aliphatic rings. The third kappa shape index (κ3) is 4.27. The second-order valence-electron chi connectivity index (χ2n) is 4.72. The van der Waals surface area contributed by atoms with Crippen LogP contribution < -0.4 is 9.84 Å². The van der Waals surface area contributed by atoms with Crippen molar-refractivity contribution in [2.45, 2.75) is 4.90 Å². The summed E-state index contributed by atoms with van der Waals surface area (Å²) < 4.78 is 29.4. The molecule has 0 fully saturated rings. The molecule has 2 N–H and O–H groups in total. The number of rotatable bonds is 6. The van der Waals surface area contributed by atoms with Crippen LogP contribution in [0.2, 0.25) is 5.02 Å². The number of methoxy groups -OCH3 is 1. The Morgan fingerprint density at radius 1 is 1.28 bits per heavy atom. The number of hydrogen-bond donors (Lipinski definition) is 2. The highest BCUT2D eigenvalue weighted by molar-refractivity contribution is 7.89. The summed E-state index contributed by atoms with van der Waals surface area (Å²) in [5.41, 5.74) is -0.185. The Morgan fingerprint density at radius 3 is 2.60 bits per heavy atom. The number of carbonyl (C=O) groups excluding carboxylic acids is 2. The van der Waals surface area contributed by atoms with Gasteiger partial charge in [-0.3, -0.25) is 4.79 Å². The fraction of sp³-hybridized carbons (Fsp3) is 0.0667. The summed E-state index contributed by atoms with van der Waals surface area (Å²) in [6.07, 6.45) is 0.165. The summed E-state index contributed by atoms with van der Waals surface area (Å²) in [7, 11) is -3.07. The van der Waals surface area contributed by atoms with Crippen LogP contribution in [0.5, 0.6) is 5.75 Å². The van der Waals surface area contributed by atoms with Gasteiger partial charge >= 0.3 is 5.97 Å². The number of esters is 1. The van der Waals surface area contributed by atoms with E-state index in [-0.39, 0.29) is 33.3 Å². The van der Waals surface area contributed by atoms with Crippen LogP contribution in [0.1, 0.15) is 10.4 Å². The number of amides is 1. The van der Waals surface area contributed by atoms with Crippen LogP contribution in [0, 0.1) is 0 Å². The number of nitrogens with zero attached hydrogens (tertiary/aromatic N) is 1. The van der Waals surface area contributed by atoms with Gasteiger partial charge in [0, 0.05) is 5.02 Å². The van der Waals surface area contributed by atoms with Gasteiger partial charge in [-0.05, 0) is 36.4 Å². The molecule has 132 valence electrons. The zero-order valence-corrected chi connectivity index (χ0v) is 14.4. The molecule has 0 radical (unpaired) electrons. The van der Waals surface area contributed by atoms with Crippen LogP contribution in [-0.4, -0.2) is 33.0 Å². The molecule has 0 aliphatic carbocycles. The minimum absolute atomic E-state index is 0.0717. The maximum Gasteiger partial charge on any atom is 0.340 e. The van der Waals surface area contributed by atoms with Crippen molar-refractivity contribution in [3.63, 3.8) is 0 Å². The molecule has 0 saturated heterocycles. The number of phenolic OH excluding ortho intramolecular Hbond substituents is 1. The minimum Gasteiger partial charge on any atom is -0.508 e. The summed E-state index contributed by atoms with van der Waals surface area (Å²) in [5.74, 6) is -1.05. The number of sulfonamides is 1. The summed E-state index contributed by atoms with van der Waals surface area (Å²) in [6, 6.07) is 8.77. The maximum absolute atomic E-state index is 12.4. The van der Waals surface area contributed by atoms with Gasteiger partial charge in [-0.2, -0.15) is 0 Å². The molecule has 0 atom stereocenters. The van der Waals surface area contributed by atoms with Gasteiger partial charge in [-0.25, -0.2) is 18.2 Å². The van der Waals surface area contributed by atoms with Gasteiger partial charge in [0.05, 0.1) is 23.3 Å². The molecule has 2 aromatic rings. The number of ether oxygens (including phenoxy) is 1. The highest BCUT2D eigenvalue weighted by Gasteiger charge is 2.23. The SMILES string of the molecule is COC(=O)c1ccc(Cl)cc1N(C=O)NS(=O)(=O)c1cccc(O)c1. The van der Waals surface area contributed by atoms with Gasteiger partial charge < -0.3 is 9.84 Å². The first-order valence-corrected chi connectivity index (χ1v) is 8.58. The van der Waals surface area contributed by atoms with Crippen molar-refractivity contribution in [1.82, 2.24) is 4.83 Å². The van der Waals surface area contributed by atoms with E-state index in [0.717, 1.165) is 13.2 Å². The maximum atomic E-state index is 12.4. The van der Waals surface area contributed by atoms with Gasteiger partial charge in [-0.1, -0.05) is 17.7 Å². The molecule has 0 saturated carbocycles. The molecule has 0 aromatic heterocycles. The number of carbonyl (C=O) groups is 2. The first-order chi connectivity index (χ1) is 11.8. The third-order valence-corrected chi connectivity index (χ3v) is 4.62. The number of hydrazine groups is 1. The molecule has 0 aliphatic heterocycles. The van der Waals surface area contributed by atoms with Crippen LogP contribution in [0.15, 0.2) is 47.4 Å². The van der Waals surface area contributed by atoms with Crippen molar-refractivity contribution in [3.8, 4) is 5.75 Å². The van der Waals surface area contributed by atoms with E-state index >= 15 is 0 Å². The molecule has 25 heavy (non-hydrogen) atoms. The van der Waals surface area contributed by atoms with E-state index in [2.05, 4.69) is 4.74 Å². The molecule has 0 bridgehead atoms. The van der Waals surface area contributed by atoms with Crippen molar-refractivity contribution in [2.75, 3.05) is 12.1 Å². The quantitative estimate of drug-likeness (QED) is 0.445. The summed E-state index contributed by atoms with van der Waals surface area (Å²) in [5, 5.41) is 10.2. The zero-order chi connectivity index (χ0) is 18.6. The Labute approximate surface area is 148 Å². The minimum atomic E-state index is -4.21. The molecule has 2 rings (SSSR count). The number of benzene rings is 2. The first-order valence-electron chi connectivity index (χ1n) is 6.72. The van der Waals surface area contributed by atoms with Crippen LogP contribution in [-0.2, 0) is 19.6 Å². The second-order valence-corrected chi connectivity index (χ2v) is 6.82. The lowest BCUT2D eigenvalue weighted by Gasteiger charge is -2.21. The van der Waals surface area contributed by atoms with Crippen molar-refractivity contribution in [3.05, 3.63) is 53.1 Å². The van der Waals surface area contributed by atoms with E-state index in [0.29, 0.717) is 5.01 Å². The predicted octanol–water partition coefficient (Wildman–Crippen LogP) is 1.69. The Kier molecular flexibility index (Phi) is 5.62. The van der Waals surface area contributed by atoms with E-state index in [1.807, 2.05) is 4.83 Å². The Balaban J connectivity index is 2.46. The molecule has 8 nitrogen and oxygen atoms in total. The van der Waals surface area contributed by atoms with Gasteiger partial charge in [0.15, 0.2) is 0 Å². The lowest BCUT2D eigenvalue weighted by atomic mass is 10.2. The highest BCUT2D eigenvalue weighted by atomic mass is 35.5. The summed E-state index contributed by atoms with van der Waals surface area (Å²) in [4.78, 5) is 25.0. The lowest BCUT2D eigenvalue weighted by molar-refractivity contribution is -0.107. The van der Waals surface area contributed by atoms with E-state index < -0.39 is 16.0 Å². The summed E-state index contributed by atoms with van der Waals surface area (Å²) in [6.45, 7) is 0. The zero-order valence-electron chi connectivity index (χ0n) is 12.8. The largest absolute Gasteiger partial charge is 0.508 e. The van der Waals surface area contributed by atoms with Gasteiger partial charge in [-0.15, -0.1) is 4.83 Å². The number of nitrogens with one attached hydrogen (secondary N) is 1. The smallest absolute Gasteiger partial charge is 0.340 e. The average Bonchev–Trinajstić information content (AvgIpc) is 2.59. The Morgan fingerprint density at radius 2 is 2.00 bits per heavy atom. The van der Waals surface area contributed by atoms with Crippen molar-refractivity contribution in [2.24, 2.45) is 0 Å². The first kappa shape index (κ1) is 18.7. The number of anilines is 1. The van der Waals surface area contributed by atoms with Crippen LogP contribution in [0.25, 0.3) is 0 Å². The number of aromatic hydroxyl groups is 1. The van der Waals surface area contributed by atoms with E-state index in [4.69, 9.17) is 11.6 Å². The molecular formula is C15H13ClN2O6S. The highest BCUT2D eigenvalue weighted by Crippen LogP contribution is 2.25. The number of hydrogen-bond acceptors (Lipinski definition) is 6. The van der Waals surface area contributed by atoms with Gasteiger partial charge in [0.1, 0.15) is 5.75 Å². The lowest BCUT2D eigenvalue weighted by Crippen LogP contribution is -2.42. The van der Waals surface area contributed by atoms with Crippen LogP contribution in [0.3, 0.4) is 0 Å². The molecular weight excluding hydrogens is 372 g/mol. The average molecular weight is 385 g/mol. The van der Waals surface area contributed by atoms with Crippen molar-refractivity contribution in [1.29, 1.82) is 0 Å². The number of phenols is 1. The predicted molar refractivity (Wildman–Crippen MR) is 89.8 cm³/mol. The normalized spacial score (nSPS) is 11.0. The standard InChI is InChI=1S/C15H13ClN2O6S/c1-24-15(21)13-6-5-10(16)7-14(13)18(9-19)17-25(22,23)12-4-2-3-11(20)8-12/h2-9,17,20H,1H3. The van der Waals surface area contributed by atoms with Crippen LogP contribution >= 0.6 is 11.6 Å². The third-order valence-electron chi connectivity index (χ3n) is 3.08. The van der Waals surface area contributed by atoms with Crippen molar-refractivity contribution >= 4 is 39.7 Å². The van der Waals surface area contributed by atoms with Crippen molar-refractivity contribution < 1.29 is 27.9 Å². The van der Waals surface area contributed by atoms with Gasteiger partial charge in [0.25, 0.3) is 10.0 Å². The number of halogens is 1. The molecule has 2 aromatic carbocycles. The van der Waals surface area contributed by atoms with E-state index in [1.54, 1.807) is 0 Å². The van der Waals surface area contributed by atoms with Gasteiger partial charge in [0.2, 0.25) is 6.41 Å². The monoisotopic (exact) mass is 384 g/mol. The summed E-state index contributed by atoms with van der Waals surface area (Å²) >= 11 is 5.87. The molecule has 0 heterocycles. The Hall–Kier alpha value is -2.62. The molecule has 10 heteroatoms. The molecule has 1 amide bonds. The van der Waals surface area contributed by atoms with Crippen LogP contribution in [0.4, 0.5) is 5.69 Å². The fourth-order valence-corrected chi connectivity index (χ4v) is 3.15. The second kappa shape index (κ2) is 7.51. The molecule has 0 unspecified atom stereocenters. The topological polar surface area (TPSA) is 113 Å². The van der Waals surface area contributed by atoms with E-state index in [1.165, 1.54) is 36.4 Å². The fourth-order valence-electron chi connectivity index (χ4n) is 1.95.